The first-order valence-corrected chi connectivity index (χ1v) is 11.2. The van der Waals surface area contributed by atoms with Gasteiger partial charge in [-0.3, -0.25) is 19.2 Å². The highest BCUT2D eigenvalue weighted by Gasteiger charge is 2.37. The van der Waals surface area contributed by atoms with E-state index in [0.717, 1.165) is 5.39 Å². The maximum absolute atomic E-state index is 13.2. The largest absolute Gasteiger partial charge is 0.481 e. The summed E-state index contributed by atoms with van der Waals surface area (Å²) in [5.41, 5.74) is 5.51. The van der Waals surface area contributed by atoms with Crippen LogP contribution >= 0.6 is 0 Å². The number of nitrogens with one attached hydrogen (secondary N) is 1. The second-order valence-electron chi connectivity index (χ2n) is 8.64. The van der Waals surface area contributed by atoms with Crippen LogP contribution in [0, 0.1) is 11.8 Å². The van der Waals surface area contributed by atoms with Gasteiger partial charge in [-0.2, -0.15) is 0 Å². The summed E-state index contributed by atoms with van der Waals surface area (Å²) in [6.07, 6.45) is -1.54. The van der Waals surface area contributed by atoms with E-state index in [9.17, 15) is 24.0 Å². The number of carboxylic acids is 2. The Balaban J connectivity index is 2.33. The summed E-state index contributed by atoms with van der Waals surface area (Å²) in [4.78, 5) is 60.1. The first-order valence-electron chi connectivity index (χ1n) is 11.2. The lowest BCUT2D eigenvalue weighted by Crippen LogP contribution is -2.53. The summed E-state index contributed by atoms with van der Waals surface area (Å²) in [5, 5.41) is 22.4. The summed E-state index contributed by atoms with van der Waals surface area (Å²) in [5.74, 6) is -5.65. The van der Waals surface area contributed by atoms with Crippen LogP contribution in [-0.4, -0.2) is 58.3 Å². The van der Waals surface area contributed by atoms with Crippen molar-refractivity contribution in [2.75, 3.05) is 0 Å². The molecule has 2 rings (SSSR count). The number of aliphatic carboxylic acids is 2. The van der Waals surface area contributed by atoms with Crippen LogP contribution in [0.5, 0.6) is 5.75 Å². The van der Waals surface area contributed by atoms with E-state index >= 15 is 0 Å². The zero-order chi connectivity index (χ0) is 26.1. The van der Waals surface area contributed by atoms with Crippen molar-refractivity contribution in [2.24, 2.45) is 17.6 Å². The van der Waals surface area contributed by atoms with Crippen molar-refractivity contribution < 1.29 is 38.9 Å². The van der Waals surface area contributed by atoms with Crippen LogP contribution < -0.4 is 15.8 Å². The number of fused-ring (bicyclic) bond motifs is 1. The lowest BCUT2D eigenvalue weighted by molar-refractivity contribution is -0.145. The number of rotatable bonds is 14. The molecule has 0 aliphatic carbocycles. The maximum atomic E-state index is 13.2. The predicted molar refractivity (Wildman–Crippen MR) is 127 cm³/mol. The molecule has 10 heteroatoms. The van der Waals surface area contributed by atoms with E-state index in [-0.39, 0.29) is 31.5 Å². The van der Waals surface area contributed by atoms with Gasteiger partial charge in [0.25, 0.3) is 5.91 Å². The van der Waals surface area contributed by atoms with Crippen molar-refractivity contribution in [3.8, 4) is 5.75 Å². The van der Waals surface area contributed by atoms with E-state index in [1.807, 2.05) is 18.2 Å². The number of benzene rings is 2. The second kappa shape index (κ2) is 12.6. The number of Topliss-reactive ketones (excluding diaryl/α,β-unsaturated/α-hetero) is 1. The summed E-state index contributed by atoms with van der Waals surface area (Å²) in [6.45, 7) is 3.57. The van der Waals surface area contributed by atoms with E-state index in [1.165, 1.54) is 0 Å². The molecule has 35 heavy (non-hydrogen) atoms. The monoisotopic (exact) mass is 486 g/mol. The molecule has 0 heterocycles. The molecule has 1 amide bonds. The average Bonchev–Trinajstić information content (AvgIpc) is 2.81. The molecule has 0 aliphatic rings. The summed E-state index contributed by atoms with van der Waals surface area (Å²) >= 11 is 0. The molecule has 2 aromatic rings. The van der Waals surface area contributed by atoms with Crippen molar-refractivity contribution in [3.05, 3.63) is 42.5 Å². The molecule has 0 saturated heterocycles. The summed E-state index contributed by atoms with van der Waals surface area (Å²) in [6, 6.07) is 9.55. The van der Waals surface area contributed by atoms with Gasteiger partial charge < -0.3 is 30.8 Å². The highest BCUT2D eigenvalue weighted by atomic mass is 16.5. The third-order valence-corrected chi connectivity index (χ3v) is 5.45. The second-order valence-corrected chi connectivity index (χ2v) is 8.64. The number of aldehydes is 1. The molecule has 1 unspecified atom stereocenters. The average molecular weight is 487 g/mol. The Bertz CT molecular complexity index is 1080. The highest BCUT2D eigenvalue weighted by Crippen LogP contribution is 2.27. The maximum Gasteiger partial charge on any atom is 0.321 e. The SMILES string of the molecule is CC(C)C[C@H](NC(=O)[C@H](CCC(=O)O)Oc1cccc2ccccc12)C(=O)[C@H](C=O)C(N)C(=O)O. The number of hydrogen-bond donors (Lipinski definition) is 4. The van der Waals surface area contributed by atoms with Gasteiger partial charge in [-0.25, -0.2) is 0 Å². The van der Waals surface area contributed by atoms with Gasteiger partial charge in [0.05, 0.1) is 6.04 Å². The Labute approximate surface area is 202 Å². The minimum Gasteiger partial charge on any atom is -0.481 e. The third kappa shape index (κ3) is 7.61. The molecular weight excluding hydrogens is 456 g/mol. The fourth-order valence-electron chi connectivity index (χ4n) is 3.65. The Morgan fingerprint density at radius 2 is 1.71 bits per heavy atom. The number of carbonyl (C=O) groups is 5. The van der Waals surface area contributed by atoms with Gasteiger partial charge in [0, 0.05) is 18.2 Å². The Morgan fingerprint density at radius 1 is 1.06 bits per heavy atom. The first-order chi connectivity index (χ1) is 16.5. The molecule has 0 radical (unpaired) electrons. The molecule has 5 N–H and O–H groups in total. The zero-order valence-corrected chi connectivity index (χ0v) is 19.5. The van der Waals surface area contributed by atoms with Crippen LogP contribution in [0.1, 0.15) is 33.1 Å². The van der Waals surface area contributed by atoms with Crippen molar-refractivity contribution in [3.63, 3.8) is 0 Å². The molecule has 4 atom stereocenters. The number of carboxylic acid groups (broad SMARTS) is 2. The fraction of sp³-hybridized carbons (Fsp3) is 0.400. The first kappa shape index (κ1) is 27.5. The molecular formula is C25H30N2O8. The number of nitrogens with two attached hydrogens (primary N) is 1. The van der Waals surface area contributed by atoms with Gasteiger partial charge in [-0.1, -0.05) is 50.2 Å². The normalized spacial score (nSPS) is 14.5. The topological polar surface area (TPSA) is 173 Å². The molecule has 0 saturated carbocycles. The Hall–Kier alpha value is -3.79. The van der Waals surface area contributed by atoms with Crippen molar-refractivity contribution >= 4 is 40.7 Å². The van der Waals surface area contributed by atoms with Crippen molar-refractivity contribution in [1.82, 2.24) is 5.32 Å². The number of carbonyl (C=O) groups excluding carboxylic acids is 3. The molecule has 0 aromatic heterocycles. The molecule has 2 aromatic carbocycles. The minimum atomic E-state index is -1.76. The number of amides is 1. The lowest BCUT2D eigenvalue weighted by Gasteiger charge is -2.26. The molecule has 0 bridgehead atoms. The van der Waals surface area contributed by atoms with Crippen LogP contribution in [0.15, 0.2) is 42.5 Å². The van der Waals surface area contributed by atoms with Gasteiger partial charge in [0.2, 0.25) is 0 Å². The zero-order valence-electron chi connectivity index (χ0n) is 19.5. The quantitative estimate of drug-likeness (QED) is 0.229. The van der Waals surface area contributed by atoms with E-state index in [2.05, 4.69) is 5.32 Å². The standard InChI is InChI=1S/C25H30N2O8/c1-14(2)12-18(23(31)17(13-28)22(26)25(33)34)27-24(32)20(10-11-21(29)30)35-19-9-5-7-15-6-3-4-8-16(15)19/h3-9,13-14,17-18,20,22H,10-12,26H2,1-2H3,(H,27,32)(H,29,30)(H,33,34)/t17-,18+,20+,22?/m1/s1. The van der Waals surface area contributed by atoms with Crippen LogP contribution in [-0.2, 0) is 24.0 Å². The number of ketones is 1. The predicted octanol–water partition coefficient (Wildman–Crippen LogP) is 1.78. The Kier molecular flexibility index (Phi) is 9.89. The highest BCUT2D eigenvalue weighted by molar-refractivity contribution is 6.03. The smallest absolute Gasteiger partial charge is 0.321 e. The van der Waals surface area contributed by atoms with Gasteiger partial charge in [0.1, 0.15) is 24.0 Å². The van der Waals surface area contributed by atoms with E-state index in [4.69, 9.17) is 20.7 Å². The summed E-state index contributed by atoms with van der Waals surface area (Å²) < 4.78 is 5.92. The Morgan fingerprint density at radius 3 is 2.31 bits per heavy atom. The third-order valence-electron chi connectivity index (χ3n) is 5.45. The van der Waals surface area contributed by atoms with Crippen LogP contribution in [0.25, 0.3) is 10.8 Å². The minimum absolute atomic E-state index is 0.103. The van der Waals surface area contributed by atoms with Crippen LogP contribution in [0.4, 0.5) is 0 Å². The van der Waals surface area contributed by atoms with Gasteiger partial charge in [-0.05, 0) is 23.8 Å². The molecule has 10 nitrogen and oxygen atoms in total. The van der Waals surface area contributed by atoms with E-state index < -0.39 is 47.7 Å². The van der Waals surface area contributed by atoms with Crippen LogP contribution in [0.2, 0.25) is 0 Å². The van der Waals surface area contributed by atoms with Crippen LogP contribution in [0.3, 0.4) is 0 Å². The van der Waals surface area contributed by atoms with Gasteiger partial charge >= 0.3 is 11.9 Å². The number of hydrogen-bond acceptors (Lipinski definition) is 7. The van der Waals surface area contributed by atoms with Crippen molar-refractivity contribution in [1.29, 1.82) is 0 Å². The van der Waals surface area contributed by atoms with Gasteiger partial charge in [0.15, 0.2) is 11.9 Å². The van der Waals surface area contributed by atoms with E-state index in [1.54, 1.807) is 38.1 Å². The van der Waals surface area contributed by atoms with E-state index in [0.29, 0.717) is 11.1 Å². The van der Waals surface area contributed by atoms with Gasteiger partial charge in [-0.15, -0.1) is 0 Å². The molecule has 188 valence electrons. The molecule has 0 aliphatic heterocycles. The molecule has 0 spiro atoms. The number of ether oxygens (including phenoxy) is 1. The van der Waals surface area contributed by atoms with Crippen molar-refractivity contribution in [2.45, 2.75) is 51.3 Å². The lowest BCUT2D eigenvalue weighted by atomic mass is 9.88. The molecule has 0 fully saturated rings. The summed E-state index contributed by atoms with van der Waals surface area (Å²) in [7, 11) is 0. The fourth-order valence-corrected chi connectivity index (χ4v) is 3.65.